The molecule has 35 heavy (non-hydrogen) atoms. The molecule has 0 amide bonds. The Morgan fingerprint density at radius 2 is 1.00 bits per heavy atom. The second-order valence-electron chi connectivity index (χ2n) is 9.34. The predicted molar refractivity (Wildman–Crippen MR) is 135 cm³/mol. The van der Waals surface area contributed by atoms with Crippen LogP contribution in [0.4, 0.5) is 13.2 Å². The average Bonchev–Trinajstić information content (AvgIpc) is 2.82. The van der Waals surface area contributed by atoms with Crippen molar-refractivity contribution in [3.8, 4) is 0 Å². The van der Waals surface area contributed by atoms with Crippen LogP contribution < -0.4 is 0 Å². The predicted octanol–water partition coefficient (Wildman–Crippen LogP) is 7.24. The van der Waals surface area contributed by atoms with Gasteiger partial charge in [0.1, 0.15) is 12.7 Å². The Balaban J connectivity index is 3.55. The second-order valence-corrected chi connectivity index (χ2v) is 9.34. The van der Waals surface area contributed by atoms with E-state index in [2.05, 4.69) is 6.92 Å². The van der Waals surface area contributed by atoms with Crippen molar-refractivity contribution >= 4 is 0 Å². The SMILES string of the molecule is CCCCCCCCCCCCCCCCCCOCC(COCCOCCO)OCC(F)(F)F. The molecule has 0 saturated heterocycles. The molecule has 0 radical (unpaired) electrons. The van der Waals surface area contributed by atoms with Gasteiger partial charge in [0.2, 0.25) is 0 Å². The van der Waals surface area contributed by atoms with Crippen molar-refractivity contribution in [3.63, 3.8) is 0 Å². The van der Waals surface area contributed by atoms with Gasteiger partial charge in [-0.15, -0.1) is 0 Å². The molecular weight excluding hydrogens is 461 g/mol. The van der Waals surface area contributed by atoms with E-state index in [-0.39, 0.29) is 39.6 Å². The number of unbranched alkanes of at least 4 members (excludes halogenated alkanes) is 15. The van der Waals surface area contributed by atoms with Crippen LogP contribution in [0.3, 0.4) is 0 Å². The highest BCUT2D eigenvalue weighted by Gasteiger charge is 2.29. The molecule has 0 aliphatic heterocycles. The van der Waals surface area contributed by atoms with Crippen molar-refractivity contribution in [3.05, 3.63) is 0 Å². The summed E-state index contributed by atoms with van der Waals surface area (Å²) in [7, 11) is 0. The Morgan fingerprint density at radius 1 is 0.571 bits per heavy atom. The lowest BCUT2D eigenvalue weighted by atomic mass is 10.0. The first-order chi connectivity index (χ1) is 17.0. The fourth-order valence-electron chi connectivity index (χ4n) is 3.82. The highest BCUT2D eigenvalue weighted by molar-refractivity contribution is 4.59. The van der Waals surface area contributed by atoms with Gasteiger partial charge in [-0.25, -0.2) is 0 Å². The lowest BCUT2D eigenvalue weighted by Crippen LogP contribution is -2.31. The number of alkyl halides is 3. The molecule has 212 valence electrons. The fraction of sp³-hybridized carbons (Fsp3) is 1.00. The van der Waals surface area contributed by atoms with Gasteiger partial charge in [-0.3, -0.25) is 0 Å². The summed E-state index contributed by atoms with van der Waals surface area (Å²) in [5.41, 5.74) is 0. The number of rotatable bonds is 28. The van der Waals surface area contributed by atoms with Gasteiger partial charge in [0.25, 0.3) is 0 Å². The Labute approximate surface area is 212 Å². The number of aliphatic hydroxyl groups excluding tert-OH is 1. The highest BCUT2D eigenvalue weighted by atomic mass is 19.4. The van der Waals surface area contributed by atoms with E-state index in [1.165, 1.54) is 89.9 Å². The average molecular weight is 515 g/mol. The number of aliphatic hydroxyl groups is 1. The summed E-state index contributed by atoms with van der Waals surface area (Å²) in [5.74, 6) is 0. The summed E-state index contributed by atoms with van der Waals surface area (Å²) in [6.07, 6.45) is 15.6. The number of hydrogen-bond acceptors (Lipinski definition) is 5. The van der Waals surface area contributed by atoms with E-state index in [1.807, 2.05) is 0 Å². The van der Waals surface area contributed by atoms with Gasteiger partial charge in [0.15, 0.2) is 0 Å². The molecule has 0 saturated carbocycles. The quantitative estimate of drug-likeness (QED) is 0.112. The molecule has 8 heteroatoms. The van der Waals surface area contributed by atoms with E-state index in [0.29, 0.717) is 6.61 Å². The van der Waals surface area contributed by atoms with Crippen LogP contribution in [-0.4, -0.2) is 70.2 Å². The van der Waals surface area contributed by atoms with Crippen LogP contribution in [0.5, 0.6) is 0 Å². The molecule has 1 atom stereocenters. The maximum atomic E-state index is 12.4. The van der Waals surface area contributed by atoms with Gasteiger partial charge in [0, 0.05) is 6.61 Å². The van der Waals surface area contributed by atoms with E-state index >= 15 is 0 Å². The lowest BCUT2D eigenvalue weighted by molar-refractivity contribution is -0.196. The minimum atomic E-state index is -4.38. The zero-order valence-corrected chi connectivity index (χ0v) is 22.3. The van der Waals surface area contributed by atoms with Crippen molar-refractivity contribution in [2.75, 3.05) is 52.9 Å². The molecule has 0 bridgehead atoms. The Hall–Kier alpha value is -0.410. The maximum Gasteiger partial charge on any atom is 0.411 e. The number of halogens is 3. The molecule has 1 N–H and O–H groups in total. The van der Waals surface area contributed by atoms with Gasteiger partial charge >= 0.3 is 6.18 Å². The second kappa shape index (κ2) is 26.6. The topological polar surface area (TPSA) is 57.2 Å². The standard InChI is InChI=1S/C27H53F3O5/c1-2-3-4-5-6-7-8-9-10-11-12-13-14-15-16-17-19-33-23-26(35-25-27(28,29)30)24-34-22-21-32-20-18-31/h26,31H,2-25H2,1H3. The molecule has 0 spiro atoms. The fourth-order valence-corrected chi connectivity index (χ4v) is 3.82. The van der Waals surface area contributed by atoms with Gasteiger partial charge < -0.3 is 24.1 Å². The van der Waals surface area contributed by atoms with E-state index in [0.717, 1.165) is 12.8 Å². The third-order valence-electron chi connectivity index (χ3n) is 5.84. The molecule has 1 unspecified atom stereocenters. The van der Waals surface area contributed by atoms with Crippen molar-refractivity contribution in [2.45, 2.75) is 122 Å². The normalized spacial score (nSPS) is 12.9. The Bertz CT molecular complexity index is 411. The van der Waals surface area contributed by atoms with Gasteiger partial charge in [0.05, 0.1) is 39.6 Å². The summed E-state index contributed by atoms with van der Waals surface area (Å²) in [5, 5.41) is 8.63. The molecule has 0 aliphatic rings. The Morgan fingerprint density at radius 3 is 1.46 bits per heavy atom. The van der Waals surface area contributed by atoms with Crippen molar-refractivity contribution in [1.29, 1.82) is 0 Å². The third kappa shape index (κ3) is 29.7. The van der Waals surface area contributed by atoms with E-state index in [9.17, 15) is 13.2 Å². The van der Waals surface area contributed by atoms with E-state index < -0.39 is 18.9 Å². The molecular formula is C27H53F3O5. The van der Waals surface area contributed by atoms with E-state index in [4.69, 9.17) is 24.1 Å². The maximum absolute atomic E-state index is 12.4. The van der Waals surface area contributed by atoms with Gasteiger partial charge in [-0.1, -0.05) is 103 Å². The lowest BCUT2D eigenvalue weighted by Gasteiger charge is -2.19. The molecule has 0 heterocycles. The minimum absolute atomic E-state index is 0.0114. The van der Waals surface area contributed by atoms with Crippen molar-refractivity contribution < 1.29 is 37.2 Å². The molecule has 0 aromatic carbocycles. The molecule has 5 nitrogen and oxygen atoms in total. The van der Waals surface area contributed by atoms with Crippen LogP contribution in [0.25, 0.3) is 0 Å². The molecule has 0 aromatic heterocycles. The molecule has 0 aromatic rings. The molecule has 0 aliphatic carbocycles. The zero-order valence-electron chi connectivity index (χ0n) is 22.3. The summed E-state index contributed by atoms with van der Waals surface area (Å²) in [4.78, 5) is 0. The summed E-state index contributed by atoms with van der Waals surface area (Å²) >= 11 is 0. The summed E-state index contributed by atoms with van der Waals surface area (Å²) < 4.78 is 58.2. The highest BCUT2D eigenvalue weighted by Crippen LogP contribution is 2.16. The summed E-state index contributed by atoms with van der Waals surface area (Å²) in [6.45, 7) is 2.18. The van der Waals surface area contributed by atoms with Crippen LogP contribution in [0.15, 0.2) is 0 Å². The van der Waals surface area contributed by atoms with Crippen LogP contribution in [-0.2, 0) is 18.9 Å². The molecule has 0 fully saturated rings. The zero-order chi connectivity index (χ0) is 25.9. The minimum Gasteiger partial charge on any atom is -0.394 e. The van der Waals surface area contributed by atoms with Crippen molar-refractivity contribution in [2.24, 2.45) is 0 Å². The summed E-state index contributed by atoms with van der Waals surface area (Å²) in [6, 6.07) is 0. The third-order valence-corrected chi connectivity index (χ3v) is 5.84. The number of ether oxygens (including phenoxy) is 4. The van der Waals surface area contributed by atoms with Gasteiger partial charge in [-0.2, -0.15) is 13.2 Å². The smallest absolute Gasteiger partial charge is 0.394 e. The van der Waals surface area contributed by atoms with Crippen LogP contribution in [0.2, 0.25) is 0 Å². The van der Waals surface area contributed by atoms with Crippen LogP contribution >= 0.6 is 0 Å². The monoisotopic (exact) mass is 514 g/mol. The van der Waals surface area contributed by atoms with Crippen LogP contribution in [0, 0.1) is 0 Å². The number of hydrogen-bond donors (Lipinski definition) is 1. The first-order valence-corrected chi connectivity index (χ1v) is 14.0. The first-order valence-electron chi connectivity index (χ1n) is 14.0. The largest absolute Gasteiger partial charge is 0.411 e. The molecule has 0 rings (SSSR count). The first kappa shape index (κ1) is 34.6. The van der Waals surface area contributed by atoms with Gasteiger partial charge in [-0.05, 0) is 6.42 Å². The van der Waals surface area contributed by atoms with Crippen LogP contribution in [0.1, 0.15) is 110 Å². The Kier molecular flexibility index (Phi) is 26.3. The van der Waals surface area contributed by atoms with E-state index in [1.54, 1.807) is 0 Å². The van der Waals surface area contributed by atoms with Crippen molar-refractivity contribution in [1.82, 2.24) is 0 Å².